The summed E-state index contributed by atoms with van der Waals surface area (Å²) in [4.78, 5) is 0. The van der Waals surface area contributed by atoms with Crippen LogP contribution in [0.4, 0.5) is 0 Å². The van der Waals surface area contributed by atoms with Crippen LogP contribution in [0, 0.1) is 0 Å². The molecule has 0 fully saturated rings. The van der Waals surface area contributed by atoms with Gasteiger partial charge < -0.3 is 59.5 Å². The van der Waals surface area contributed by atoms with Crippen LogP contribution < -0.4 is 39.1 Å². The number of hydrogen-bond donors (Lipinski definition) is 6. The average Bonchev–Trinajstić information content (AvgIpc) is 3.16. The van der Waals surface area contributed by atoms with Crippen molar-refractivity contribution in [2.75, 3.05) is 49.2 Å². The Balaban J connectivity index is 1.24. The van der Waals surface area contributed by atoms with E-state index >= 15 is 0 Å². The number of fused-ring (bicyclic) bond motifs is 4. The number of phenols is 2. The average molecular weight is 713 g/mol. The van der Waals surface area contributed by atoms with E-state index < -0.39 is 30.2 Å². The third kappa shape index (κ3) is 4.81. The summed E-state index contributed by atoms with van der Waals surface area (Å²) in [6.07, 6.45) is -0.950. The van der Waals surface area contributed by atoms with Gasteiger partial charge in [-0.1, -0.05) is 12.1 Å². The maximum absolute atomic E-state index is 12.4. The molecule has 0 unspecified atom stereocenters. The monoisotopic (exact) mass is 712 g/mol. The van der Waals surface area contributed by atoms with Crippen molar-refractivity contribution in [3.05, 3.63) is 69.8 Å². The first-order valence-electron chi connectivity index (χ1n) is 17.4. The molecule has 8 rings (SSSR count). The van der Waals surface area contributed by atoms with Gasteiger partial charge in [-0.2, -0.15) is 0 Å². The molecule has 0 saturated heterocycles. The third-order valence-electron chi connectivity index (χ3n) is 11.5. The summed E-state index contributed by atoms with van der Waals surface area (Å²) in [5, 5.41) is 55.1. The van der Waals surface area contributed by atoms with Crippen LogP contribution >= 0.6 is 0 Å². The van der Waals surface area contributed by atoms with Crippen molar-refractivity contribution in [3.8, 4) is 68.2 Å². The van der Waals surface area contributed by atoms with E-state index in [1.54, 1.807) is 40.6 Å². The predicted molar refractivity (Wildman–Crippen MR) is 193 cm³/mol. The largest absolute Gasteiger partial charge is 0.504 e. The highest BCUT2D eigenvalue weighted by atomic mass is 16.5. The molecule has 6 N–H and O–H groups in total. The fourth-order valence-corrected chi connectivity index (χ4v) is 9.29. The van der Waals surface area contributed by atoms with E-state index in [1.165, 1.54) is 14.2 Å². The Labute approximate surface area is 301 Å². The molecule has 4 aliphatic rings. The first-order chi connectivity index (χ1) is 25.2. The molecule has 2 heterocycles. The molecule has 0 spiro atoms. The number of hydrogen-bond acceptors (Lipinski definition) is 12. The van der Waals surface area contributed by atoms with Gasteiger partial charge in [-0.15, -0.1) is 0 Å². The van der Waals surface area contributed by atoms with Crippen molar-refractivity contribution >= 4 is 0 Å². The summed E-state index contributed by atoms with van der Waals surface area (Å²) >= 11 is 0. The van der Waals surface area contributed by atoms with Crippen molar-refractivity contribution in [2.45, 2.75) is 55.5 Å². The van der Waals surface area contributed by atoms with Gasteiger partial charge in [0.2, 0.25) is 0 Å². The summed E-state index contributed by atoms with van der Waals surface area (Å²) in [5.41, 5.74) is 7.77. The molecule has 0 radical (unpaired) electrons. The van der Waals surface area contributed by atoms with E-state index in [9.17, 15) is 20.4 Å². The Morgan fingerprint density at radius 1 is 0.615 bits per heavy atom. The minimum atomic E-state index is -1.28. The molecule has 4 aromatic rings. The van der Waals surface area contributed by atoms with Crippen LogP contribution in [0.2, 0.25) is 0 Å². The fraction of sp³-hybridized carbons (Fsp3) is 0.400. The zero-order chi connectivity index (χ0) is 36.6. The minimum absolute atomic E-state index is 0.0227. The Morgan fingerprint density at radius 2 is 1.21 bits per heavy atom. The Morgan fingerprint density at radius 3 is 1.85 bits per heavy atom. The van der Waals surface area contributed by atoms with Gasteiger partial charge in [0.1, 0.15) is 0 Å². The molecule has 12 nitrogen and oxygen atoms in total. The van der Waals surface area contributed by atoms with Crippen LogP contribution in [0.3, 0.4) is 0 Å². The normalized spacial score (nSPS) is 21.8. The number of methoxy groups -OCH3 is 6. The highest BCUT2D eigenvalue weighted by Crippen LogP contribution is 2.60. The summed E-state index contributed by atoms with van der Waals surface area (Å²) in [7, 11) is 9.30. The summed E-state index contributed by atoms with van der Waals surface area (Å²) < 4.78 is 34.4. The Hall–Kier alpha value is -4.88. The maximum Gasteiger partial charge on any atom is 0.169 e. The van der Waals surface area contributed by atoms with Gasteiger partial charge in [0, 0.05) is 46.3 Å². The molecular weight excluding hydrogens is 668 g/mol. The predicted octanol–water partition coefficient (Wildman–Crippen LogP) is 4.30. The summed E-state index contributed by atoms with van der Waals surface area (Å²) in [6, 6.07) is 9.83. The Kier molecular flexibility index (Phi) is 8.53. The molecule has 4 aromatic carbocycles. The number of aliphatic hydroxyl groups excluding tert-OH is 2. The van der Waals surface area contributed by atoms with Crippen LogP contribution in [0.15, 0.2) is 36.4 Å². The molecule has 2 aliphatic carbocycles. The second-order valence-corrected chi connectivity index (χ2v) is 13.8. The first kappa shape index (κ1) is 34.2. The molecule has 12 heteroatoms. The van der Waals surface area contributed by atoms with Gasteiger partial charge in [0.15, 0.2) is 46.0 Å². The molecule has 274 valence electrons. The van der Waals surface area contributed by atoms with Crippen molar-refractivity contribution in [3.63, 3.8) is 0 Å². The number of phenolic OH excluding ortho intramolecular Hbond substituents is 2. The molecule has 0 saturated carbocycles. The van der Waals surface area contributed by atoms with Crippen LogP contribution in [0.25, 0.3) is 22.3 Å². The first-order valence-corrected chi connectivity index (χ1v) is 17.4. The molecule has 0 aromatic heterocycles. The number of aromatic hydroxyl groups is 2. The topological polar surface area (TPSA) is 160 Å². The zero-order valence-electron chi connectivity index (χ0n) is 30.0. The minimum Gasteiger partial charge on any atom is -0.504 e. The second-order valence-electron chi connectivity index (χ2n) is 13.8. The standard InChI is InChI=1S/C40H44N2O10/c1-47-23-9-7-17-13-21-27-19(16-26(50-4)39(51-5)32(27)29(17)36(23)44)14-22(42-21)35(43)38(46)31-20-8-10-24(48-2)37(45)30(20)33-28-18(11-12-41-34(28)31)15-25(49-3)40(33)52-6/h7-10,15-16,21-22,31,34-35,38,41-46H,11-14H2,1-6H3/t21-,22-,31-,34+,35+,38-/m1/s1. The van der Waals surface area contributed by atoms with Crippen molar-refractivity contribution < 1.29 is 48.8 Å². The third-order valence-corrected chi connectivity index (χ3v) is 11.5. The lowest BCUT2D eigenvalue weighted by molar-refractivity contribution is -0.0299. The molecule has 0 amide bonds. The number of benzene rings is 4. The highest BCUT2D eigenvalue weighted by Gasteiger charge is 2.48. The van der Waals surface area contributed by atoms with Gasteiger partial charge in [-0.3, -0.25) is 0 Å². The van der Waals surface area contributed by atoms with E-state index in [0.717, 1.165) is 27.8 Å². The van der Waals surface area contributed by atoms with E-state index in [0.29, 0.717) is 82.4 Å². The van der Waals surface area contributed by atoms with Gasteiger partial charge in [-0.25, -0.2) is 0 Å². The lowest BCUT2D eigenvalue weighted by Crippen LogP contribution is -2.55. The molecule has 52 heavy (non-hydrogen) atoms. The Bertz CT molecular complexity index is 2080. The number of nitrogens with one attached hydrogen (secondary N) is 2. The van der Waals surface area contributed by atoms with Crippen molar-refractivity contribution in [2.24, 2.45) is 0 Å². The fourth-order valence-electron chi connectivity index (χ4n) is 9.29. The highest BCUT2D eigenvalue weighted by molar-refractivity contribution is 5.90. The summed E-state index contributed by atoms with van der Waals surface area (Å²) in [5.74, 6) is 1.92. The smallest absolute Gasteiger partial charge is 0.169 e. The zero-order valence-corrected chi connectivity index (χ0v) is 30.0. The maximum atomic E-state index is 12.4. The summed E-state index contributed by atoms with van der Waals surface area (Å²) in [6.45, 7) is 0.641. The van der Waals surface area contributed by atoms with E-state index in [-0.39, 0.29) is 23.3 Å². The van der Waals surface area contributed by atoms with Crippen LogP contribution in [0.5, 0.6) is 46.0 Å². The van der Waals surface area contributed by atoms with Crippen molar-refractivity contribution in [1.29, 1.82) is 0 Å². The van der Waals surface area contributed by atoms with E-state index in [2.05, 4.69) is 10.6 Å². The number of aliphatic hydroxyl groups is 2. The number of rotatable bonds is 9. The lowest BCUT2D eigenvalue weighted by atomic mass is 9.67. The molecule has 6 atom stereocenters. The molecular formula is C40H44N2O10. The van der Waals surface area contributed by atoms with Gasteiger partial charge in [0.05, 0.1) is 54.9 Å². The van der Waals surface area contributed by atoms with E-state index in [4.69, 9.17) is 28.4 Å². The van der Waals surface area contributed by atoms with Gasteiger partial charge in [0.25, 0.3) is 0 Å². The van der Waals surface area contributed by atoms with Gasteiger partial charge in [-0.05, 0) is 83.5 Å². The van der Waals surface area contributed by atoms with Crippen LogP contribution in [-0.4, -0.2) is 87.9 Å². The van der Waals surface area contributed by atoms with Crippen molar-refractivity contribution in [1.82, 2.24) is 10.6 Å². The SMILES string of the molecule is COc1ccc2c(c1O)-c1c(OC)c(OC)cc3c1[C@@H](C2)N[C@@H]([C@H](O)[C@H](O)[C@@H]1c2ccc(OC)c(O)c2-c2c(OC)c(OC)cc4c2[C@@H]1NCC4)C3. The van der Waals surface area contributed by atoms with Crippen LogP contribution in [0.1, 0.15) is 51.4 Å². The van der Waals surface area contributed by atoms with Gasteiger partial charge >= 0.3 is 0 Å². The number of ether oxygens (including phenoxy) is 6. The molecule has 0 bridgehead atoms. The van der Waals surface area contributed by atoms with Crippen LogP contribution in [-0.2, 0) is 19.3 Å². The quantitative estimate of drug-likeness (QED) is 0.146. The second kappa shape index (κ2) is 13.0. The molecule has 2 aliphatic heterocycles. The van der Waals surface area contributed by atoms with E-state index in [1.807, 2.05) is 24.3 Å². The lowest BCUT2D eigenvalue weighted by Gasteiger charge is -2.46.